The van der Waals surface area contributed by atoms with Crippen molar-refractivity contribution in [3.63, 3.8) is 0 Å². The topological polar surface area (TPSA) is 32.7 Å². The van der Waals surface area contributed by atoms with Gasteiger partial charge in [-0.3, -0.25) is 0 Å². The molecule has 1 aliphatic heterocycles. The van der Waals surface area contributed by atoms with Gasteiger partial charge in [-0.15, -0.1) is 0 Å². The molecule has 2 atom stereocenters. The summed E-state index contributed by atoms with van der Waals surface area (Å²) in [6, 6.07) is 4.84. The number of aliphatic hydroxyl groups is 1. The smallest absolute Gasteiger partial charge is 0.123 e. The quantitative estimate of drug-likeness (QED) is 0.876. The molecule has 2 unspecified atom stereocenters. The molecule has 1 aromatic rings. The molecule has 0 spiro atoms. The van der Waals surface area contributed by atoms with Crippen molar-refractivity contribution in [3.05, 3.63) is 29.6 Å². The average Bonchev–Trinajstić information content (AvgIpc) is 2.81. The molecule has 1 aliphatic rings. The summed E-state index contributed by atoms with van der Waals surface area (Å²) >= 11 is 0. The van der Waals surface area contributed by atoms with Crippen molar-refractivity contribution in [2.75, 3.05) is 25.2 Å². The van der Waals surface area contributed by atoms with Crippen LogP contribution >= 0.6 is 0 Å². The van der Waals surface area contributed by atoms with Crippen LogP contribution in [-0.2, 0) is 4.74 Å². The number of hydrogen-bond acceptors (Lipinski definition) is 3. The zero-order valence-electron chi connectivity index (χ0n) is 10.2. The first kappa shape index (κ1) is 12.3. The lowest BCUT2D eigenvalue weighted by Gasteiger charge is -2.28. The fraction of sp³-hybridized carbons (Fsp3) is 0.538. The van der Waals surface area contributed by atoms with Crippen LogP contribution in [0.25, 0.3) is 0 Å². The van der Waals surface area contributed by atoms with E-state index in [1.165, 1.54) is 12.1 Å². The van der Waals surface area contributed by atoms with Gasteiger partial charge in [0.1, 0.15) is 5.82 Å². The normalized spacial score (nSPS) is 21.5. The highest BCUT2D eigenvalue weighted by Gasteiger charge is 2.23. The molecule has 4 heteroatoms. The third kappa shape index (κ3) is 2.58. The summed E-state index contributed by atoms with van der Waals surface area (Å²) in [5, 5.41) is 9.70. The van der Waals surface area contributed by atoms with Gasteiger partial charge in [-0.05, 0) is 31.5 Å². The summed E-state index contributed by atoms with van der Waals surface area (Å²) < 4.78 is 18.5. The molecule has 0 amide bonds. The van der Waals surface area contributed by atoms with Crippen molar-refractivity contribution < 1.29 is 14.2 Å². The summed E-state index contributed by atoms with van der Waals surface area (Å²) in [6.07, 6.45) is 0.290. The van der Waals surface area contributed by atoms with Gasteiger partial charge in [0.15, 0.2) is 0 Å². The summed E-state index contributed by atoms with van der Waals surface area (Å²) in [5.41, 5.74) is 1.50. The fourth-order valence-electron chi connectivity index (χ4n) is 2.21. The highest BCUT2D eigenvalue weighted by atomic mass is 19.1. The lowest BCUT2D eigenvalue weighted by atomic mass is 10.1. The van der Waals surface area contributed by atoms with Crippen LogP contribution < -0.4 is 4.90 Å². The Morgan fingerprint density at radius 3 is 2.88 bits per heavy atom. The van der Waals surface area contributed by atoms with E-state index in [2.05, 4.69) is 4.90 Å². The molecule has 0 saturated carbocycles. The van der Waals surface area contributed by atoms with E-state index in [-0.39, 0.29) is 5.82 Å². The van der Waals surface area contributed by atoms with Crippen molar-refractivity contribution in [2.45, 2.75) is 25.5 Å². The van der Waals surface area contributed by atoms with Crippen molar-refractivity contribution in [3.8, 4) is 0 Å². The van der Waals surface area contributed by atoms with Crippen LogP contribution in [-0.4, -0.2) is 31.4 Å². The van der Waals surface area contributed by atoms with Crippen LogP contribution in [0.2, 0.25) is 0 Å². The minimum atomic E-state index is -0.675. The minimum absolute atomic E-state index is 0.304. The third-order valence-corrected chi connectivity index (χ3v) is 3.27. The number of aliphatic hydroxyl groups excluding tert-OH is 1. The second kappa shape index (κ2) is 5.02. The van der Waals surface area contributed by atoms with Crippen LogP contribution in [0.3, 0.4) is 0 Å². The molecule has 1 aromatic carbocycles. The zero-order chi connectivity index (χ0) is 12.4. The lowest BCUT2D eigenvalue weighted by molar-refractivity contribution is 0.192. The molecule has 1 fully saturated rings. The molecule has 1 saturated heterocycles. The van der Waals surface area contributed by atoms with Crippen LogP contribution in [0, 0.1) is 5.82 Å². The molecule has 17 heavy (non-hydrogen) atoms. The van der Waals surface area contributed by atoms with E-state index < -0.39 is 6.10 Å². The van der Waals surface area contributed by atoms with E-state index >= 15 is 0 Å². The Bertz CT molecular complexity index is 389. The van der Waals surface area contributed by atoms with Crippen LogP contribution in [0.5, 0.6) is 0 Å². The Morgan fingerprint density at radius 2 is 2.29 bits per heavy atom. The maximum Gasteiger partial charge on any atom is 0.123 e. The second-order valence-corrected chi connectivity index (χ2v) is 4.51. The molecular weight excluding hydrogens is 221 g/mol. The number of rotatable bonds is 3. The molecule has 0 radical (unpaired) electrons. The summed E-state index contributed by atoms with van der Waals surface area (Å²) in [4.78, 5) is 2.06. The van der Waals surface area contributed by atoms with Crippen molar-refractivity contribution in [1.29, 1.82) is 0 Å². The number of ether oxygens (including phenoxy) is 1. The number of benzene rings is 1. The lowest BCUT2D eigenvalue weighted by Crippen LogP contribution is -2.32. The third-order valence-electron chi connectivity index (χ3n) is 3.27. The monoisotopic (exact) mass is 239 g/mol. The Kier molecular flexibility index (Phi) is 3.64. The summed E-state index contributed by atoms with van der Waals surface area (Å²) in [5.74, 6) is -0.319. The van der Waals surface area contributed by atoms with E-state index in [4.69, 9.17) is 4.74 Å². The van der Waals surface area contributed by atoms with Crippen LogP contribution in [0.15, 0.2) is 18.2 Å². The Hall–Kier alpha value is -1.13. The zero-order valence-corrected chi connectivity index (χ0v) is 10.2. The fourth-order valence-corrected chi connectivity index (χ4v) is 2.21. The predicted octanol–water partition coefficient (Wildman–Crippen LogP) is 2.10. The summed E-state index contributed by atoms with van der Waals surface area (Å²) in [7, 11) is 1.96. The number of likely N-dealkylation sites (N-methyl/N-ethyl adjacent to an activating group) is 1. The SMILES string of the molecule is CC(O)c1cc(F)ccc1N(C)C1CCOC1. The van der Waals surface area contributed by atoms with Gasteiger partial charge in [-0.1, -0.05) is 0 Å². The van der Waals surface area contributed by atoms with Crippen molar-refractivity contribution in [2.24, 2.45) is 0 Å². The van der Waals surface area contributed by atoms with Gasteiger partial charge in [0.25, 0.3) is 0 Å². The van der Waals surface area contributed by atoms with Gasteiger partial charge in [-0.2, -0.15) is 0 Å². The molecule has 0 aliphatic carbocycles. The molecule has 3 nitrogen and oxygen atoms in total. The van der Waals surface area contributed by atoms with Crippen molar-refractivity contribution in [1.82, 2.24) is 0 Å². The van der Waals surface area contributed by atoms with Gasteiger partial charge < -0.3 is 14.7 Å². The maximum absolute atomic E-state index is 13.2. The molecule has 1 N–H and O–H groups in total. The highest BCUT2D eigenvalue weighted by Crippen LogP contribution is 2.29. The van der Waals surface area contributed by atoms with Gasteiger partial charge in [0, 0.05) is 24.9 Å². The van der Waals surface area contributed by atoms with E-state index in [1.807, 2.05) is 7.05 Å². The van der Waals surface area contributed by atoms with Gasteiger partial charge in [0.05, 0.1) is 18.8 Å². The average molecular weight is 239 g/mol. The second-order valence-electron chi connectivity index (χ2n) is 4.51. The molecule has 0 aromatic heterocycles. The molecule has 2 rings (SSSR count). The first-order chi connectivity index (χ1) is 8.09. The van der Waals surface area contributed by atoms with E-state index in [1.54, 1.807) is 13.0 Å². The van der Waals surface area contributed by atoms with Crippen molar-refractivity contribution >= 4 is 5.69 Å². The van der Waals surface area contributed by atoms with E-state index in [9.17, 15) is 9.50 Å². The predicted molar refractivity (Wildman–Crippen MR) is 64.7 cm³/mol. The number of nitrogens with zero attached hydrogens (tertiary/aromatic N) is 1. The molecule has 94 valence electrons. The standard InChI is InChI=1S/C13H18FNO2/c1-9(16)12-7-10(14)3-4-13(12)15(2)11-5-6-17-8-11/h3-4,7,9,11,16H,5-6,8H2,1-2H3. The first-order valence-electron chi connectivity index (χ1n) is 5.87. The number of anilines is 1. The largest absolute Gasteiger partial charge is 0.389 e. The summed E-state index contributed by atoms with van der Waals surface area (Å²) in [6.45, 7) is 3.10. The highest BCUT2D eigenvalue weighted by molar-refractivity contribution is 5.55. The molecular formula is C13H18FNO2. The van der Waals surface area contributed by atoms with E-state index in [0.29, 0.717) is 18.2 Å². The van der Waals surface area contributed by atoms with E-state index in [0.717, 1.165) is 18.7 Å². The number of hydrogen-bond donors (Lipinski definition) is 1. The molecule has 0 bridgehead atoms. The van der Waals surface area contributed by atoms with Gasteiger partial charge in [-0.25, -0.2) is 4.39 Å². The Morgan fingerprint density at radius 1 is 1.53 bits per heavy atom. The van der Waals surface area contributed by atoms with Crippen LogP contribution in [0.1, 0.15) is 25.0 Å². The minimum Gasteiger partial charge on any atom is -0.389 e. The van der Waals surface area contributed by atoms with Crippen LogP contribution in [0.4, 0.5) is 10.1 Å². The maximum atomic E-state index is 13.2. The molecule has 1 heterocycles. The Balaban J connectivity index is 2.29. The number of halogens is 1. The van der Waals surface area contributed by atoms with Gasteiger partial charge in [0.2, 0.25) is 0 Å². The Labute approximate surface area is 101 Å². The first-order valence-corrected chi connectivity index (χ1v) is 5.87. The van der Waals surface area contributed by atoms with Gasteiger partial charge >= 0.3 is 0 Å².